The van der Waals surface area contributed by atoms with Crippen LogP contribution in [-0.4, -0.2) is 24.6 Å². The Balaban J connectivity index is 2.07. The largest absolute Gasteiger partial charge is 0.548 e. The van der Waals surface area contributed by atoms with Gasteiger partial charge in [0.05, 0.1) is 12.0 Å². The molecule has 0 aromatic heterocycles. The third-order valence-corrected chi connectivity index (χ3v) is 4.62. The van der Waals surface area contributed by atoms with Gasteiger partial charge in [-0.3, -0.25) is 0 Å². The molecule has 2 amide bonds. The van der Waals surface area contributed by atoms with E-state index < -0.39 is 18.0 Å². The molecule has 2 aromatic rings. The van der Waals surface area contributed by atoms with Crippen LogP contribution in [0.15, 0.2) is 60.7 Å². The van der Waals surface area contributed by atoms with E-state index in [9.17, 15) is 14.7 Å². The van der Waals surface area contributed by atoms with E-state index in [-0.39, 0.29) is 11.8 Å². The van der Waals surface area contributed by atoms with Crippen LogP contribution >= 0.6 is 0 Å². The van der Waals surface area contributed by atoms with Crippen LogP contribution in [0.1, 0.15) is 37.3 Å². The first-order chi connectivity index (χ1) is 12.5. The van der Waals surface area contributed by atoms with Crippen molar-refractivity contribution in [3.8, 4) is 0 Å². The van der Waals surface area contributed by atoms with E-state index in [1.807, 2.05) is 67.6 Å². The normalized spacial score (nSPS) is 13.0. The van der Waals surface area contributed by atoms with Crippen molar-refractivity contribution in [3.05, 3.63) is 71.8 Å². The fourth-order valence-corrected chi connectivity index (χ4v) is 2.86. The van der Waals surface area contributed by atoms with Crippen LogP contribution in [0.25, 0.3) is 0 Å². The topological polar surface area (TPSA) is 81.3 Å². The number of aliphatic carboxylic acids is 1. The predicted molar refractivity (Wildman–Crippen MR) is 99.5 cm³/mol. The average molecular weight is 353 g/mol. The van der Waals surface area contributed by atoms with Gasteiger partial charge in [-0.25, -0.2) is 4.79 Å². The molecule has 0 spiro atoms. The number of amides is 2. The summed E-state index contributed by atoms with van der Waals surface area (Å²) in [6.45, 7) is 4.01. The number of urea groups is 1. The lowest BCUT2D eigenvalue weighted by Crippen LogP contribution is -2.54. The van der Waals surface area contributed by atoms with E-state index in [4.69, 9.17) is 0 Å². The smallest absolute Gasteiger partial charge is 0.315 e. The Hall–Kier alpha value is -2.82. The van der Waals surface area contributed by atoms with Gasteiger partial charge < -0.3 is 20.5 Å². The van der Waals surface area contributed by atoms with E-state index in [1.165, 1.54) is 0 Å². The van der Waals surface area contributed by atoms with Gasteiger partial charge in [-0.2, -0.15) is 0 Å². The quantitative estimate of drug-likeness (QED) is 0.764. The lowest BCUT2D eigenvalue weighted by atomic mass is 9.91. The standard InChI is InChI=1S/C21H26N2O3/c1-3-15(2)19(20(24)25)23-21(26)22-14-18(16-10-6-4-7-11-16)17-12-8-5-9-13-17/h4-13,15,18-19H,3,14H2,1-2H3,(H,24,25)(H2,22,23,26)/p-1/t15-,19+/m1/s1. The number of rotatable bonds is 8. The maximum Gasteiger partial charge on any atom is 0.315 e. The highest BCUT2D eigenvalue weighted by molar-refractivity contribution is 5.81. The van der Waals surface area contributed by atoms with Crippen LogP contribution in [-0.2, 0) is 4.79 Å². The van der Waals surface area contributed by atoms with Gasteiger partial charge in [0.25, 0.3) is 0 Å². The second-order valence-electron chi connectivity index (χ2n) is 6.41. The zero-order valence-electron chi connectivity index (χ0n) is 15.1. The van der Waals surface area contributed by atoms with E-state index in [0.29, 0.717) is 13.0 Å². The van der Waals surface area contributed by atoms with Crippen LogP contribution < -0.4 is 15.7 Å². The molecule has 0 saturated carbocycles. The third-order valence-electron chi connectivity index (χ3n) is 4.62. The molecule has 138 valence electrons. The number of carbonyl (C=O) groups is 2. The van der Waals surface area contributed by atoms with Gasteiger partial charge in [-0.1, -0.05) is 80.9 Å². The number of hydrogen-bond donors (Lipinski definition) is 2. The Labute approximate surface area is 154 Å². The van der Waals surface area contributed by atoms with Gasteiger partial charge in [0.15, 0.2) is 0 Å². The molecule has 2 aromatic carbocycles. The SMILES string of the molecule is CC[C@@H](C)[C@H](NC(=O)NCC(c1ccccc1)c1ccccc1)C(=O)[O-]. The highest BCUT2D eigenvalue weighted by atomic mass is 16.4. The summed E-state index contributed by atoms with van der Waals surface area (Å²) in [7, 11) is 0. The first-order valence-electron chi connectivity index (χ1n) is 8.88. The Morgan fingerprint density at radius 2 is 1.46 bits per heavy atom. The van der Waals surface area contributed by atoms with Crippen molar-refractivity contribution in [1.29, 1.82) is 0 Å². The van der Waals surface area contributed by atoms with Gasteiger partial charge in [0, 0.05) is 12.5 Å². The number of hydrogen-bond acceptors (Lipinski definition) is 3. The Morgan fingerprint density at radius 1 is 0.962 bits per heavy atom. The minimum atomic E-state index is -1.27. The van der Waals surface area contributed by atoms with E-state index in [0.717, 1.165) is 11.1 Å². The van der Waals surface area contributed by atoms with Crippen molar-refractivity contribution in [2.45, 2.75) is 32.2 Å². The van der Waals surface area contributed by atoms with Crippen molar-refractivity contribution in [2.75, 3.05) is 6.54 Å². The Morgan fingerprint density at radius 3 is 1.88 bits per heavy atom. The molecule has 0 unspecified atom stereocenters. The summed E-state index contributed by atoms with van der Waals surface area (Å²) in [5.74, 6) is -1.49. The van der Waals surface area contributed by atoms with Gasteiger partial charge in [-0.15, -0.1) is 0 Å². The first-order valence-corrected chi connectivity index (χ1v) is 8.88. The molecule has 0 aliphatic carbocycles. The summed E-state index contributed by atoms with van der Waals surface area (Å²) in [4.78, 5) is 23.5. The summed E-state index contributed by atoms with van der Waals surface area (Å²) < 4.78 is 0. The number of benzene rings is 2. The summed E-state index contributed by atoms with van der Waals surface area (Å²) in [5.41, 5.74) is 2.16. The van der Waals surface area contributed by atoms with Crippen LogP contribution in [0.3, 0.4) is 0 Å². The van der Waals surface area contributed by atoms with Gasteiger partial charge >= 0.3 is 6.03 Å². The lowest BCUT2D eigenvalue weighted by Gasteiger charge is -2.26. The van der Waals surface area contributed by atoms with Crippen LogP contribution in [0, 0.1) is 5.92 Å². The van der Waals surface area contributed by atoms with Crippen LogP contribution in [0.2, 0.25) is 0 Å². The fraction of sp³-hybridized carbons (Fsp3) is 0.333. The zero-order valence-corrected chi connectivity index (χ0v) is 15.1. The molecule has 0 fully saturated rings. The summed E-state index contributed by atoms with van der Waals surface area (Å²) >= 11 is 0. The number of nitrogens with one attached hydrogen (secondary N) is 2. The molecule has 0 saturated heterocycles. The zero-order chi connectivity index (χ0) is 18.9. The summed E-state index contributed by atoms with van der Waals surface area (Å²) in [6, 6.07) is 18.3. The molecule has 0 heterocycles. The molecular weight excluding hydrogens is 328 g/mol. The average Bonchev–Trinajstić information content (AvgIpc) is 2.67. The molecule has 5 nitrogen and oxygen atoms in total. The summed E-state index contributed by atoms with van der Waals surface area (Å²) in [5, 5.41) is 16.6. The third kappa shape index (κ3) is 5.34. The van der Waals surface area contributed by atoms with Gasteiger partial charge in [0.2, 0.25) is 0 Å². The Bertz CT molecular complexity index is 664. The van der Waals surface area contributed by atoms with Gasteiger partial charge in [-0.05, 0) is 17.0 Å². The summed E-state index contributed by atoms with van der Waals surface area (Å²) in [6.07, 6.45) is 0.635. The monoisotopic (exact) mass is 353 g/mol. The molecule has 2 N–H and O–H groups in total. The van der Waals surface area contributed by atoms with Crippen molar-refractivity contribution >= 4 is 12.0 Å². The molecule has 0 bridgehead atoms. The highest BCUT2D eigenvalue weighted by Gasteiger charge is 2.20. The molecular formula is C21H25N2O3-. The van der Waals surface area contributed by atoms with Crippen molar-refractivity contribution in [2.24, 2.45) is 5.92 Å². The van der Waals surface area contributed by atoms with Crippen LogP contribution in [0.5, 0.6) is 0 Å². The maximum absolute atomic E-state index is 12.2. The maximum atomic E-state index is 12.2. The number of carbonyl (C=O) groups excluding carboxylic acids is 2. The minimum Gasteiger partial charge on any atom is -0.548 e. The molecule has 0 radical (unpaired) electrons. The second-order valence-corrected chi connectivity index (χ2v) is 6.41. The molecule has 2 rings (SSSR count). The number of carboxylic acid groups (broad SMARTS) is 1. The molecule has 2 atom stereocenters. The fourth-order valence-electron chi connectivity index (χ4n) is 2.86. The van der Waals surface area contributed by atoms with Crippen LogP contribution in [0.4, 0.5) is 4.79 Å². The van der Waals surface area contributed by atoms with Crippen molar-refractivity contribution in [1.82, 2.24) is 10.6 Å². The van der Waals surface area contributed by atoms with Crippen molar-refractivity contribution in [3.63, 3.8) is 0 Å². The second kappa shape index (κ2) is 9.61. The van der Waals surface area contributed by atoms with Crippen molar-refractivity contribution < 1.29 is 14.7 Å². The lowest BCUT2D eigenvalue weighted by molar-refractivity contribution is -0.309. The first kappa shape index (κ1) is 19.5. The predicted octanol–water partition coefficient (Wildman–Crippen LogP) is 2.28. The molecule has 26 heavy (non-hydrogen) atoms. The minimum absolute atomic E-state index is 0.0202. The van der Waals surface area contributed by atoms with E-state index >= 15 is 0 Å². The van der Waals surface area contributed by atoms with E-state index in [2.05, 4.69) is 10.6 Å². The molecule has 5 heteroatoms. The van der Waals surface area contributed by atoms with E-state index in [1.54, 1.807) is 6.92 Å². The van der Waals surface area contributed by atoms with Gasteiger partial charge in [0.1, 0.15) is 0 Å². The molecule has 0 aliphatic heterocycles. The number of carboxylic acids is 1. The Kier molecular flexibility index (Phi) is 7.21. The molecule has 0 aliphatic rings. The highest BCUT2D eigenvalue weighted by Crippen LogP contribution is 2.23.